The molecule has 15 heavy (non-hydrogen) atoms. The van der Waals surface area contributed by atoms with Crippen molar-refractivity contribution in [1.82, 2.24) is 0 Å². The van der Waals surface area contributed by atoms with Gasteiger partial charge >= 0.3 is 0 Å². The molecule has 0 atom stereocenters. The van der Waals surface area contributed by atoms with Gasteiger partial charge in [0.25, 0.3) is 6.43 Å². The van der Waals surface area contributed by atoms with E-state index in [4.69, 9.17) is 11.6 Å². The van der Waals surface area contributed by atoms with Crippen molar-refractivity contribution in [3.8, 4) is 0 Å². The third-order valence-corrected chi connectivity index (χ3v) is 3.03. The summed E-state index contributed by atoms with van der Waals surface area (Å²) in [4.78, 5) is 0. The first-order valence-corrected chi connectivity index (χ1v) is 5.17. The molecule has 0 unspecified atom stereocenters. The molecule has 0 radical (unpaired) electrons. The van der Waals surface area contributed by atoms with E-state index in [-0.39, 0.29) is 5.56 Å². The van der Waals surface area contributed by atoms with E-state index in [1.165, 1.54) is 12.1 Å². The van der Waals surface area contributed by atoms with Crippen LogP contribution in [0.2, 0.25) is 5.02 Å². The molecule has 2 rings (SSSR count). The van der Waals surface area contributed by atoms with Crippen molar-refractivity contribution >= 4 is 11.6 Å². The lowest BCUT2D eigenvalue weighted by molar-refractivity contribution is 0.150. The highest BCUT2D eigenvalue weighted by molar-refractivity contribution is 6.31. The van der Waals surface area contributed by atoms with Crippen molar-refractivity contribution in [2.45, 2.75) is 31.3 Å². The summed E-state index contributed by atoms with van der Waals surface area (Å²) in [5, 5.41) is 9.99. The molecule has 1 nitrogen and oxygen atoms in total. The lowest BCUT2D eigenvalue weighted by atomic mass is 10.0. The summed E-state index contributed by atoms with van der Waals surface area (Å²) in [5.41, 5.74) is 0.0169. The smallest absolute Gasteiger partial charge is 0.263 e. The summed E-state index contributed by atoms with van der Waals surface area (Å²) in [6, 6.07) is 4.20. The van der Waals surface area contributed by atoms with E-state index in [2.05, 4.69) is 0 Å². The Kier molecular flexibility index (Phi) is 2.69. The predicted molar refractivity (Wildman–Crippen MR) is 54.3 cm³/mol. The van der Waals surface area contributed by atoms with Gasteiger partial charge in [0.1, 0.15) is 0 Å². The van der Waals surface area contributed by atoms with Crippen LogP contribution in [-0.4, -0.2) is 10.7 Å². The fraction of sp³-hybridized carbons (Fsp3) is 0.455. The SMILES string of the molecule is OC1(Cc2ccc(C(F)F)cc2Cl)CC1. The van der Waals surface area contributed by atoms with Crippen LogP contribution >= 0.6 is 11.6 Å². The summed E-state index contributed by atoms with van der Waals surface area (Å²) in [6.45, 7) is 0. The molecule has 1 aromatic rings. The van der Waals surface area contributed by atoms with Crippen molar-refractivity contribution in [3.05, 3.63) is 34.3 Å². The van der Waals surface area contributed by atoms with Gasteiger partial charge in [0.05, 0.1) is 5.60 Å². The number of aliphatic hydroxyl groups is 1. The van der Waals surface area contributed by atoms with Crippen LogP contribution in [0.15, 0.2) is 18.2 Å². The molecule has 1 aliphatic rings. The van der Waals surface area contributed by atoms with E-state index >= 15 is 0 Å². The van der Waals surface area contributed by atoms with Gasteiger partial charge in [-0.2, -0.15) is 0 Å². The molecule has 0 aliphatic heterocycles. The third kappa shape index (κ3) is 2.47. The molecule has 82 valence electrons. The highest BCUT2D eigenvalue weighted by atomic mass is 35.5. The molecular weight excluding hydrogens is 222 g/mol. The second kappa shape index (κ2) is 3.72. The highest BCUT2D eigenvalue weighted by Gasteiger charge is 2.40. The Labute approximate surface area is 91.7 Å². The van der Waals surface area contributed by atoms with Crippen LogP contribution in [0.5, 0.6) is 0 Å². The Morgan fingerprint density at radius 2 is 2.07 bits per heavy atom. The second-order valence-corrected chi connectivity index (χ2v) is 4.46. The molecule has 4 heteroatoms. The predicted octanol–water partition coefficient (Wildman–Crippen LogP) is 3.35. The van der Waals surface area contributed by atoms with Gasteiger partial charge in [0, 0.05) is 17.0 Å². The number of benzene rings is 1. The Bertz CT molecular complexity index is 375. The first-order valence-electron chi connectivity index (χ1n) is 4.79. The van der Waals surface area contributed by atoms with Crippen LogP contribution in [0.3, 0.4) is 0 Å². The van der Waals surface area contributed by atoms with E-state index in [1.807, 2.05) is 0 Å². The average molecular weight is 233 g/mol. The van der Waals surface area contributed by atoms with Crippen molar-refractivity contribution < 1.29 is 13.9 Å². The Balaban J connectivity index is 2.19. The summed E-state index contributed by atoms with van der Waals surface area (Å²) < 4.78 is 24.6. The van der Waals surface area contributed by atoms with Gasteiger partial charge in [-0.3, -0.25) is 0 Å². The van der Waals surface area contributed by atoms with Gasteiger partial charge in [-0.1, -0.05) is 23.7 Å². The molecule has 1 fully saturated rings. The summed E-state index contributed by atoms with van der Waals surface area (Å²) in [5.74, 6) is 0. The van der Waals surface area contributed by atoms with Crippen molar-refractivity contribution in [3.63, 3.8) is 0 Å². The van der Waals surface area contributed by atoms with Gasteiger partial charge < -0.3 is 5.11 Å². The number of rotatable bonds is 3. The molecule has 0 bridgehead atoms. The van der Waals surface area contributed by atoms with Crippen LogP contribution < -0.4 is 0 Å². The highest BCUT2D eigenvalue weighted by Crippen LogP contribution is 2.40. The molecule has 1 aliphatic carbocycles. The monoisotopic (exact) mass is 232 g/mol. The molecule has 1 N–H and O–H groups in total. The zero-order valence-corrected chi connectivity index (χ0v) is 8.77. The minimum Gasteiger partial charge on any atom is -0.390 e. The summed E-state index contributed by atoms with van der Waals surface area (Å²) in [6.07, 6.45) is -0.518. The maximum absolute atomic E-state index is 12.3. The fourth-order valence-corrected chi connectivity index (χ4v) is 1.77. The van der Waals surface area contributed by atoms with Gasteiger partial charge in [-0.25, -0.2) is 8.78 Å². The van der Waals surface area contributed by atoms with Crippen LogP contribution in [-0.2, 0) is 6.42 Å². The molecule has 0 saturated heterocycles. The van der Waals surface area contributed by atoms with Crippen LogP contribution in [0.25, 0.3) is 0 Å². The van der Waals surface area contributed by atoms with E-state index in [0.29, 0.717) is 11.4 Å². The molecule has 0 aromatic heterocycles. The van der Waals surface area contributed by atoms with Crippen molar-refractivity contribution in [1.29, 1.82) is 0 Å². The largest absolute Gasteiger partial charge is 0.390 e. The van der Waals surface area contributed by atoms with Crippen LogP contribution in [0.1, 0.15) is 30.4 Å². The zero-order valence-electron chi connectivity index (χ0n) is 8.01. The Morgan fingerprint density at radius 3 is 2.53 bits per heavy atom. The second-order valence-electron chi connectivity index (χ2n) is 4.05. The minimum atomic E-state index is -2.50. The van der Waals surface area contributed by atoms with Gasteiger partial charge in [0.15, 0.2) is 0 Å². The standard InChI is InChI=1S/C11H11ClF2O/c12-9-5-7(10(13)14)1-2-8(9)6-11(15)3-4-11/h1-2,5,10,15H,3-4,6H2. The number of hydrogen-bond donors (Lipinski definition) is 1. The van der Waals surface area contributed by atoms with E-state index in [1.54, 1.807) is 6.07 Å². The first kappa shape index (κ1) is 10.8. The molecule has 0 spiro atoms. The van der Waals surface area contributed by atoms with Crippen molar-refractivity contribution in [2.24, 2.45) is 0 Å². The van der Waals surface area contributed by atoms with Gasteiger partial charge in [0.2, 0.25) is 0 Å². The third-order valence-electron chi connectivity index (χ3n) is 2.68. The first-order chi connectivity index (χ1) is 7.00. The van der Waals surface area contributed by atoms with E-state index < -0.39 is 12.0 Å². The van der Waals surface area contributed by atoms with Crippen LogP contribution in [0, 0.1) is 0 Å². The molecular formula is C11H11ClF2O. The topological polar surface area (TPSA) is 20.2 Å². The zero-order chi connectivity index (χ0) is 11.1. The van der Waals surface area contributed by atoms with Gasteiger partial charge in [-0.05, 0) is 24.5 Å². The Hall–Kier alpha value is -0.670. The van der Waals surface area contributed by atoms with Crippen molar-refractivity contribution in [2.75, 3.05) is 0 Å². The van der Waals surface area contributed by atoms with Gasteiger partial charge in [-0.15, -0.1) is 0 Å². The Morgan fingerprint density at radius 1 is 1.40 bits per heavy atom. The normalized spacial score (nSPS) is 18.2. The van der Waals surface area contributed by atoms with E-state index in [9.17, 15) is 13.9 Å². The lowest BCUT2D eigenvalue weighted by Crippen LogP contribution is -2.11. The number of halogens is 3. The van der Waals surface area contributed by atoms with Crippen LogP contribution in [0.4, 0.5) is 8.78 Å². The maximum atomic E-state index is 12.3. The summed E-state index contributed by atoms with van der Waals surface area (Å²) in [7, 11) is 0. The number of alkyl halides is 2. The maximum Gasteiger partial charge on any atom is 0.263 e. The van der Waals surface area contributed by atoms with E-state index in [0.717, 1.165) is 18.4 Å². The summed E-state index contributed by atoms with van der Waals surface area (Å²) >= 11 is 5.86. The molecule has 1 saturated carbocycles. The quantitative estimate of drug-likeness (QED) is 0.848. The minimum absolute atomic E-state index is 0.0773. The number of hydrogen-bond acceptors (Lipinski definition) is 1. The molecule has 0 amide bonds. The molecule has 0 heterocycles. The molecule has 1 aromatic carbocycles. The fourth-order valence-electron chi connectivity index (χ4n) is 1.52. The average Bonchev–Trinajstić information content (AvgIpc) is 2.87. The lowest BCUT2D eigenvalue weighted by Gasteiger charge is -2.10.